The Morgan fingerprint density at radius 1 is 1.50 bits per heavy atom. The van der Waals surface area contributed by atoms with Crippen molar-refractivity contribution in [3.8, 4) is 0 Å². The summed E-state index contributed by atoms with van der Waals surface area (Å²) in [4.78, 5) is 14.0. The van der Waals surface area contributed by atoms with Gasteiger partial charge in [-0.05, 0) is 50.3 Å². The molecule has 0 radical (unpaired) electrons. The average molecular weight is 280 g/mol. The summed E-state index contributed by atoms with van der Waals surface area (Å²) in [5.74, 6) is -0.431. The van der Waals surface area contributed by atoms with E-state index in [1.165, 1.54) is 6.07 Å². The number of amides is 2. The van der Waals surface area contributed by atoms with E-state index >= 15 is 0 Å². The normalized spacial score (nSPS) is 18.9. The average Bonchev–Trinajstić information content (AvgIpc) is 2.44. The van der Waals surface area contributed by atoms with E-state index in [4.69, 9.17) is 5.11 Å². The third-order valence-electron chi connectivity index (χ3n) is 3.71. The number of nitrogens with one attached hydrogen (secondary N) is 1. The quantitative estimate of drug-likeness (QED) is 0.894. The molecule has 20 heavy (non-hydrogen) atoms. The molecule has 1 fully saturated rings. The van der Waals surface area contributed by atoms with Crippen molar-refractivity contribution in [3.63, 3.8) is 0 Å². The first-order chi connectivity index (χ1) is 9.61. The highest BCUT2D eigenvalue weighted by atomic mass is 19.1. The number of halogens is 1. The Morgan fingerprint density at radius 3 is 3.05 bits per heavy atom. The first kappa shape index (κ1) is 14.8. The zero-order chi connectivity index (χ0) is 14.5. The van der Waals surface area contributed by atoms with Crippen LogP contribution in [-0.4, -0.2) is 35.2 Å². The second kappa shape index (κ2) is 6.70. The SMILES string of the molecule is Cc1ccc(F)c(NC(=O)N2CCCCC2CCO)c1. The standard InChI is InChI=1S/C15H21FN2O2/c1-11-5-6-13(16)14(10-11)17-15(20)18-8-3-2-4-12(18)7-9-19/h5-6,10,12,19H,2-4,7-9H2,1H3,(H,17,20). The van der Waals surface area contributed by atoms with Gasteiger partial charge in [-0.15, -0.1) is 0 Å². The van der Waals surface area contributed by atoms with Gasteiger partial charge in [0.25, 0.3) is 0 Å². The number of aliphatic hydroxyl groups excluding tert-OH is 1. The van der Waals surface area contributed by atoms with Crippen LogP contribution >= 0.6 is 0 Å². The fourth-order valence-corrected chi connectivity index (χ4v) is 2.64. The lowest BCUT2D eigenvalue weighted by atomic mass is 10.0. The van der Waals surface area contributed by atoms with Crippen molar-refractivity contribution >= 4 is 11.7 Å². The largest absolute Gasteiger partial charge is 0.396 e. The Kier molecular flexibility index (Phi) is 4.95. The molecule has 0 saturated carbocycles. The second-order valence-corrected chi connectivity index (χ2v) is 5.27. The van der Waals surface area contributed by atoms with Crippen LogP contribution in [-0.2, 0) is 0 Å². The van der Waals surface area contributed by atoms with Crippen molar-refractivity contribution in [2.75, 3.05) is 18.5 Å². The van der Waals surface area contributed by atoms with Crippen molar-refractivity contribution in [1.29, 1.82) is 0 Å². The summed E-state index contributed by atoms with van der Waals surface area (Å²) >= 11 is 0. The predicted octanol–water partition coefficient (Wildman–Crippen LogP) is 2.90. The summed E-state index contributed by atoms with van der Waals surface area (Å²) in [7, 11) is 0. The van der Waals surface area contributed by atoms with E-state index in [1.54, 1.807) is 17.0 Å². The van der Waals surface area contributed by atoms with Gasteiger partial charge in [-0.3, -0.25) is 0 Å². The highest BCUT2D eigenvalue weighted by Crippen LogP contribution is 2.22. The minimum atomic E-state index is -0.431. The minimum absolute atomic E-state index is 0.0432. The Balaban J connectivity index is 2.07. The number of benzene rings is 1. The van der Waals surface area contributed by atoms with Gasteiger partial charge in [0.05, 0.1) is 5.69 Å². The zero-order valence-electron chi connectivity index (χ0n) is 11.7. The van der Waals surface area contributed by atoms with Gasteiger partial charge in [0.15, 0.2) is 0 Å². The van der Waals surface area contributed by atoms with Gasteiger partial charge in [-0.25, -0.2) is 9.18 Å². The summed E-state index contributed by atoms with van der Waals surface area (Å²) in [5.41, 5.74) is 1.11. The lowest BCUT2D eigenvalue weighted by Crippen LogP contribution is -2.46. The number of hydrogen-bond acceptors (Lipinski definition) is 2. The van der Waals surface area contributed by atoms with E-state index in [0.29, 0.717) is 13.0 Å². The highest BCUT2D eigenvalue weighted by molar-refractivity contribution is 5.89. The number of likely N-dealkylation sites (tertiary alicyclic amines) is 1. The van der Waals surface area contributed by atoms with Crippen molar-refractivity contribution < 1.29 is 14.3 Å². The Morgan fingerprint density at radius 2 is 2.30 bits per heavy atom. The van der Waals surface area contributed by atoms with E-state index in [0.717, 1.165) is 24.8 Å². The molecule has 2 N–H and O–H groups in total. The van der Waals surface area contributed by atoms with Gasteiger partial charge < -0.3 is 15.3 Å². The van der Waals surface area contributed by atoms with E-state index in [-0.39, 0.29) is 24.4 Å². The van der Waals surface area contributed by atoms with Gasteiger partial charge in [-0.1, -0.05) is 6.07 Å². The number of hydrogen-bond donors (Lipinski definition) is 2. The molecule has 1 aliphatic heterocycles. The fraction of sp³-hybridized carbons (Fsp3) is 0.533. The van der Waals surface area contributed by atoms with E-state index < -0.39 is 5.82 Å². The summed E-state index contributed by atoms with van der Waals surface area (Å²) in [6, 6.07) is 4.40. The molecule has 1 aromatic rings. The molecule has 1 saturated heterocycles. The lowest BCUT2D eigenvalue weighted by molar-refractivity contribution is 0.141. The molecule has 0 aliphatic carbocycles. The van der Waals surface area contributed by atoms with Crippen LogP contribution in [0.2, 0.25) is 0 Å². The molecule has 5 heteroatoms. The Labute approximate surface area is 118 Å². The molecule has 0 bridgehead atoms. The van der Waals surface area contributed by atoms with Gasteiger partial charge >= 0.3 is 6.03 Å². The number of aryl methyl sites for hydroxylation is 1. The first-order valence-corrected chi connectivity index (χ1v) is 7.06. The maximum Gasteiger partial charge on any atom is 0.322 e. The minimum Gasteiger partial charge on any atom is -0.396 e. The summed E-state index contributed by atoms with van der Waals surface area (Å²) in [6.45, 7) is 2.57. The van der Waals surface area contributed by atoms with Crippen molar-refractivity contribution in [3.05, 3.63) is 29.6 Å². The van der Waals surface area contributed by atoms with Crippen LogP contribution in [0.3, 0.4) is 0 Å². The van der Waals surface area contributed by atoms with Gasteiger partial charge in [0, 0.05) is 19.2 Å². The number of urea groups is 1. The Bertz CT molecular complexity index is 477. The first-order valence-electron chi connectivity index (χ1n) is 7.06. The molecule has 1 aromatic carbocycles. The van der Waals surface area contributed by atoms with Crippen LogP contribution in [0.15, 0.2) is 18.2 Å². The third-order valence-corrected chi connectivity index (χ3v) is 3.71. The number of aliphatic hydroxyl groups is 1. The summed E-state index contributed by atoms with van der Waals surface area (Å²) in [6.07, 6.45) is 3.48. The fourth-order valence-electron chi connectivity index (χ4n) is 2.64. The molecule has 110 valence electrons. The van der Waals surface area contributed by atoms with E-state index in [2.05, 4.69) is 5.32 Å². The van der Waals surface area contributed by atoms with Crippen LogP contribution in [0.25, 0.3) is 0 Å². The lowest BCUT2D eigenvalue weighted by Gasteiger charge is -2.35. The maximum atomic E-state index is 13.7. The highest BCUT2D eigenvalue weighted by Gasteiger charge is 2.26. The van der Waals surface area contributed by atoms with Gasteiger partial charge in [0.1, 0.15) is 5.82 Å². The third kappa shape index (κ3) is 3.48. The van der Waals surface area contributed by atoms with E-state index in [9.17, 15) is 9.18 Å². The van der Waals surface area contributed by atoms with E-state index in [1.807, 2.05) is 6.92 Å². The number of carbonyl (C=O) groups excluding carboxylic acids is 1. The molecular weight excluding hydrogens is 259 g/mol. The molecule has 1 unspecified atom stereocenters. The zero-order valence-corrected chi connectivity index (χ0v) is 11.7. The van der Waals surface area contributed by atoms with Crippen LogP contribution in [0.1, 0.15) is 31.2 Å². The second-order valence-electron chi connectivity index (χ2n) is 5.27. The molecule has 0 spiro atoms. The molecule has 2 amide bonds. The topological polar surface area (TPSA) is 52.6 Å². The molecule has 1 atom stereocenters. The van der Waals surface area contributed by atoms with Crippen molar-refractivity contribution in [2.45, 2.75) is 38.6 Å². The molecular formula is C15H21FN2O2. The maximum absolute atomic E-state index is 13.7. The molecule has 2 rings (SSSR count). The number of rotatable bonds is 3. The van der Waals surface area contributed by atoms with Crippen LogP contribution < -0.4 is 5.32 Å². The molecule has 4 nitrogen and oxygen atoms in total. The van der Waals surface area contributed by atoms with Crippen LogP contribution in [0, 0.1) is 12.7 Å². The Hall–Kier alpha value is -1.62. The predicted molar refractivity (Wildman–Crippen MR) is 76.2 cm³/mol. The van der Waals surface area contributed by atoms with Crippen molar-refractivity contribution in [1.82, 2.24) is 4.90 Å². The van der Waals surface area contributed by atoms with Crippen molar-refractivity contribution in [2.24, 2.45) is 0 Å². The number of anilines is 1. The van der Waals surface area contributed by atoms with Gasteiger partial charge in [0.2, 0.25) is 0 Å². The van der Waals surface area contributed by atoms with Crippen LogP contribution in [0.5, 0.6) is 0 Å². The monoisotopic (exact) mass is 280 g/mol. The summed E-state index contributed by atoms with van der Waals surface area (Å²) in [5, 5.41) is 11.7. The molecule has 1 heterocycles. The molecule has 0 aromatic heterocycles. The number of piperidine rings is 1. The molecule has 1 aliphatic rings. The summed E-state index contributed by atoms with van der Waals surface area (Å²) < 4.78 is 13.7. The van der Waals surface area contributed by atoms with Gasteiger partial charge in [-0.2, -0.15) is 0 Å². The number of nitrogens with zero attached hydrogens (tertiary/aromatic N) is 1. The van der Waals surface area contributed by atoms with Crippen LogP contribution in [0.4, 0.5) is 14.9 Å². The smallest absolute Gasteiger partial charge is 0.322 e. The number of carbonyl (C=O) groups is 1.